The first-order chi connectivity index (χ1) is 31.7. The van der Waals surface area contributed by atoms with Gasteiger partial charge in [0.25, 0.3) is 0 Å². The zero-order valence-electron chi connectivity index (χ0n) is 34.6. The van der Waals surface area contributed by atoms with Crippen molar-refractivity contribution in [1.29, 1.82) is 0 Å². The summed E-state index contributed by atoms with van der Waals surface area (Å²) in [5, 5.41) is 7.90. The topological polar surface area (TPSA) is 51.2 Å². The third-order valence-corrected chi connectivity index (χ3v) is 13.2. The van der Waals surface area contributed by atoms with E-state index in [2.05, 4.69) is 206 Å². The van der Waals surface area contributed by atoms with Crippen LogP contribution in [-0.2, 0) is 5.41 Å². The first kappa shape index (κ1) is 36.2. The maximum absolute atomic E-state index is 6.91. The molecule has 0 saturated carbocycles. The molecule has 10 aromatic carbocycles. The fraction of sp³-hybridized carbons (Fsp3) is 0.0167. The van der Waals surface area contributed by atoms with Crippen LogP contribution in [0, 0.1) is 0 Å². The molecular weight excluding hydrogens is 781 g/mol. The van der Waals surface area contributed by atoms with Crippen molar-refractivity contribution in [2.24, 2.45) is 0 Å². The molecule has 1 aliphatic carbocycles. The predicted octanol–water partition coefficient (Wildman–Crippen LogP) is 16.0. The van der Waals surface area contributed by atoms with Crippen LogP contribution in [-0.4, -0.2) is 4.98 Å². The summed E-state index contributed by atoms with van der Waals surface area (Å²) in [5.74, 6) is 0.593. The number of anilines is 2. The molecule has 4 heteroatoms. The van der Waals surface area contributed by atoms with Crippen LogP contribution in [0.3, 0.4) is 0 Å². The van der Waals surface area contributed by atoms with Crippen LogP contribution >= 0.6 is 0 Å². The number of oxazole rings is 1. The van der Waals surface area contributed by atoms with Crippen LogP contribution in [0.15, 0.2) is 233 Å². The summed E-state index contributed by atoms with van der Waals surface area (Å²) in [4.78, 5) is 4.90. The standard InChI is InChI=1S/C60H38N2O2/c1-3-16-38(17-4-1)39-18-13-19-40(34-39)41-32-33-47-46-25-9-10-28-52(46)60(53(47)35-41,42-20-5-2-6-21-42)43-22-14-23-44(36-43)61-55-30-15-27-49-50-37-51(59-62-54-29-11-12-31-56(54)63-59)45-24-7-8-26-48(45)57(50)64-58(49)55/h1-37,61H. The molecule has 1 unspecified atom stereocenters. The van der Waals surface area contributed by atoms with Crippen LogP contribution in [0.1, 0.15) is 22.3 Å². The molecule has 0 spiro atoms. The Morgan fingerprint density at radius 1 is 0.375 bits per heavy atom. The molecular formula is C60H38N2O2. The van der Waals surface area contributed by atoms with E-state index in [-0.39, 0.29) is 0 Å². The van der Waals surface area contributed by atoms with Crippen LogP contribution < -0.4 is 5.32 Å². The predicted molar refractivity (Wildman–Crippen MR) is 262 cm³/mol. The first-order valence-corrected chi connectivity index (χ1v) is 21.8. The van der Waals surface area contributed by atoms with Gasteiger partial charge >= 0.3 is 0 Å². The molecule has 12 aromatic rings. The van der Waals surface area contributed by atoms with Gasteiger partial charge in [0.15, 0.2) is 11.2 Å². The summed E-state index contributed by atoms with van der Waals surface area (Å²) < 4.78 is 13.2. The van der Waals surface area contributed by atoms with Crippen molar-refractivity contribution in [3.05, 3.63) is 247 Å². The molecule has 0 radical (unpaired) electrons. The molecule has 2 heterocycles. The average molecular weight is 819 g/mol. The van der Waals surface area contributed by atoms with E-state index in [0.717, 1.165) is 60.7 Å². The summed E-state index contributed by atoms with van der Waals surface area (Å²) >= 11 is 0. The summed E-state index contributed by atoms with van der Waals surface area (Å²) in [6.45, 7) is 0. The van der Waals surface area contributed by atoms with E-state index in [1.54, 1.807) is 0 Å². The number of hydrogen-bond donors (Lipinski definition) is 1. The van der Waals surface area contributed by atoms with Gasteiger partial charge in [0.05, 0.1) is 11.1 Å². The smallest absolute Gasteiger partial charge is 0.227 e. The number of hydrogen-bond acceptors (Lipinski definition) is 4. The van der Waals surface area contributed by atoms with Gasteiger partial charge in [0, 0.05) is 27.4 Å². The fourth-order valence-electron chi connectivity index (χ4n) is 10.3. The molecule has 4 nitrogen and oxygen atoms in total. The molecule has 300 valence electrons. The monoisotopic (exact) mass is 818 g/mol. The Balaban J connectivity index is 0.963. The van der Waals surface area contributed by atoms with E-state index < -0.39 is 5.41 Å². The fourth-order valence-corrected chi connectivity index (χ4v) is 10.3. The highest BCUT2D eigenvalue weighted by Crippen LogP contribution is 2.57. The lowest BCUT2D eigenvalue weighted by molar-refractivity contribution is 0.620. The van der Waals surface area contributed by atoms with Crippen LogP contribution in [0.5, 0.6) is 0 Å². The Morgan fingerprint density at radius 3 is 1.89 bits per heavy atom. The summed E-state index contributed by atoms with van der Waals surface area (Å²) in [7, 11) is 0. The minimum atomic E-state index is -0.594. The molecule has 1 atom stereocenters. The SMILES string of the molecule is c1ccc(-c2cccc(-c3ccc4c(c3)C(c3ccccc3)(c3cccc(Nc5cccc6c5oc5c7ccccc7c(-c7nc8ccccc8o7)cc65)c3)c3ccccc3-4)c2)cc1. The average Bonchev–Trinajstić information content (AvgIpc) is 4.06. The van der Waals surface area contributed by atoms with Gasteiger partial charge in [-0.2, -0.15) is 0 Å². The second-order valence-corrected chi connectivity index (χ2v) is 16.7. The molecule has 0 aliphatic heterocycles. The number of furan rings is 1. The molecule has 0 bridgehead atoms. The van der Waals surface area contributed by atoms with Crippen LogP contribution in [0.25, 0.3) is 88.6 Å². The highest BCUT2D eigenvalue weighted by molar-refractivity contribution is 6.20. The van der Waals surface area contributed by atoms with E-state index in [1.807, 2.05) is 24.3 Å². The Bertz CT molecular complexity index is 3740. The number of nitrogens with one attached hydrogen (secondary N) is 1. The summed E-state index contributed by atoms with van der Waals surface area (Å²) in [6, 6.07) is 80.2. The van der Waals surface area contributed by atoms with E-state index >= 15 is 0 Å². The van der Waals surface area contributed by atoms with Gasteiger partial charge in [-0.25, -0.2) is 4.98 Å². The molecule has 13 rings (SSSR count). The van der Waals surface area contributed by atoms with Crippen molar-refractivity contribution in [3.63, 3.8) is 0 Å². The van der Waals surface area contributed by atoms with E-state index in [9.17, 15) is 0 Å². The Kier molecular flexibility index (Phi) is 8.09. The zero-order valence-corrected chi connectivity index (χ0v) is 34.6. The van der Waals surface area contributed by atoms with Crippen LogP contribution in [0.4, 0.5) is 11.4 Å². The molecule has 1 N–H and O–H groups in total. The van der Waals surface area contributed by atoms with Crippen molar-refractivity contribution in [3.8, 4) is 44.8 Å². The second-order valence-electron chi connectivity index (χ2n) is 16.7. The molecule has 1 aliphatic rings. The number of para-hydroxylation sites is 3. The third-order valence-electron chi connectivity index (χ3n) is 13.2. The highest BCUT2D eigenvalue weighted by Gasteiger charge is 2.46. The zero-order chi connectivity index (χ0) is 42.2. The van der Waals surface area contributed by atoms with E-state index in [1.165, 1.54) is 55.6 Å². The number of benzene rings is 10. The quantitative estimate of drug-likeness (QED) is 0.174. The lowest BCUT2D eigenvalue weighted by Crippen LogP contribution is -2.28. The number of aromatic nitrogens is 1. The maximum Gasteiger partial charge on any atom is 0.227 e. The lowest BCUT2D eigenvalue weighted by atomic mass is 9.67. The minimum absolute atomic E-state index is 0.593. The van der Waals surface area contributed by atoms with Gasteiger partial charge in [-0.15, -0.1) is 0 Å². The van der Waals surface area contributed by atoms with Gasteiger partial charge in [0.2, 0.25) is 5.89 Å². The highest BCUT2D eigenvalue weighted by atomic mass is 16.3. The number of rotatable bonds is 7. The minimum Gasteiger partial charge on any atom is -0.453 e. The van der Waals surface area contributed by atoms with Gasteiger partial charge in [-0.1, -0.05) is 176 Å². The number of fused-ring (bicyclic) bond motifs is 9. The Hall–Kier alpha value is -8.47. The van der Waals surface area contributed by atoms with Gasteiger partial charge in [-0.05, 0) is 110 Å². The third kappa shape index (κ3) is 5.52. The van der Waals surface area contributed by atoms with Gasteiger partial charge in [-0.3, -0.25) is 0 Å². The van der Waals surface area contributed by atoms with Crippen molar-refractivity contribution >= 4 is 55.2 Å². The maximum atomic E-state index is 6.91. The molecule has 0 fully saturated rings. The Morgan fingerprint density at radius 2 is 1.02 bits per heavy atom. The second kappa shape index (κ2) is 14.3. The lowest BCUT2D eigenvalue weighted by Gasteiger charge is -2.34. The van der Waals surface area contributed by atoms with Crippen molar-refractivity contribution in [2.75, 3.05) is 5.32 Å². The summed E-state index contributed by atoms with van der Waals surface area (Å²) in [5.41, 5.74) is 17.6. The van der Waals surface area contributed by atoms with Crippen molar-refractivity contribution < 1.29 is 8.83 Å². The largest absolute Gasteiger partial charge is 0.453 e. The molecule has 64 heavy (non-hydrogen) atoms. The van der Waals surface area contributed by atoms with Gasteiger partial charge in [0.1, 0.15) is 11.1 Å². The summed E-state index contributed by atoms with van der Waals surface area (Å²) in [6.07, 6.45) is 0. The van der Waals surface area contributed by atoms with Crippen molar-refractivity contribution in [2.45, 2.75) is 5.41 Å². The van der Waals surface area contributed by atoms with Gasteiger partial charge < -0.3 is 14.2 Å². The first-order valence-electron chi connectivity index (χ1n) is 21.8. The van der Waals surface area contributed by atoms with Crippen LogP contribution in [0.2, 0.25) is 0 Å². The molecule has 2 aromatic heterocycles. The number of nitrogens with zero attached hydrogens (tertiary/aromatic N) is 1. The van der Waals surface area contributed by atoms with E-state index in [4.69, 9.17) is 13.8 Å². The van der Waals surface area contributed by atoms with Crippen molar-refractivity contribution in [1.82, 2.24) is 4.98 Å². The Labute approximate surface area is 369 Å². The molecule has 0 amide bonds. The normalized spacial score (nSPS) is 14.3. The van der Waals surface area contributed by atoms with E-state index in [0.29, 0.717) is 5.89 Å². The molecule has 0 saturated heterocycles.